The van der Waals surface area contributed by atoms with E-state index in [1.807, 2.05) is 14.1 Å². The predicted molar refractivity (Wildman–Crippen MR) is 91.5 cm³/mol. The largest absolute Gasteiger partial charge is 0.497 e. The predicted octanol–water partition coefficient (Wildman–Crippen LogP) is 2.55. The number of amides is 1. The standard InChI is InChI=1S/C17H25N3O4/c1-18(2)15-7-5-6-8-16(15)19(3)17(21)13-11-12(24-4)9-10-14(13)20(22)23/h9-11,15-16H,5-8H2,1-4H3. The molecule has 0 bridgehead atoms. The van der Waals surface area contributed by atoms with E-state index in [4.69, 9.17) is 4.74 Å². The SMILES string of the molecule is COc1ccc([N+](=O)[O-])c(C(=O)N(C)C2CCCCC2N(C)C)c1. The van der Waals surface area contributed by atoms with Gasteiger partial charge in [0.2, 0.25) is 0 Å². The maximum absolute atomic E-state index is 13.0. The molecule has 132 valence electrons. The second kappa shape index (κ2) is 7.61. The van der Waals surface area contributed by atoms with E-state index >= 15 is 0 Å². The van der Waals surface area contributed by atoms with E-state index in [1.165, 1.54) is 25.3 Å². The minimum absolute atomic E-state index is 0.0482. The van der Waals surface area contributed by atoms with E-state index < -0.39 is 4.92 Å². The Morgan fingerprint density at radius 1 is 1.21 bits per heavy atom. The topological polar surface area (TPSA) is 75.9 Å². The van der Waals surface area contributed by atoms with Crippen LogP contribution in [0.4, 0.5) is 5.69 Å². The summed E-state index contributed by atoms with van der Waals surface area (Å²) in [5.41, 5.74) is -0.116. The van der Waals surface area contributed by atoms with Gasteiger partial charge in [0, 0.05) is 25.2 Å². The molecule has 24 heavy (non-hydrogen) atoms. The average Bonchev–Trinajstić information content (AvgIpc) is 2.59. The number of ether oxygens (including phenoxy) is 1. The van der Waals surface area contributed by atoms with Crippen LogP contribution in [0.25, 0.3) is 0 Å². The van der Waals surface area contributed by atoms with Gasteiger partial charge in [-0.2, -0.15) is 0 Å². The Balaban J connectivity index is 2.34. The molecule has 0 saturated heterocycles. The third-order valence-electron chi connectivity index (χ3n) is 4.81. The second-order valence-corrected chi connectivity index (χ2v) is 6.44. The highest BCUT2D eigenvalue weighted by molar-refractivity contribution is 5.98. The van der Waals surface area contributed by atoms with Crippen LogP contribution in [0.15, 0.2) is 18.2 Å². The maximum atomic E-state index is 13.0. The van der Waals surface area contributed by atoms with Crippen molar-refractivity contribution in [2.24, 2.45) is 0 Å². The number of nitrogens with zero attached hydrogens (tertiary/aromatic N) is 3. The zero-order chi connectivity index (χ0) is 17.9. The van der Waals surface area contributed by atoms with Gasteiger partial charge >= 0.3 is 0 Å². The Morgan fingerprint density at radius 2 is 1.83 bits per heavy atom. The summed E-state index contributed by atoms with van der Waals surface area (Å²) in [5, 5.41) is 11.3. The summed E-state index contributed by atoms with van der Waals surface area (Å²) in [5.74, 6) is 0.101. The molecule has 7 heteroatoms. The lowest BCUT2D eigenvalue weighted by Crippen LogP contribution is -2.51. The lowest BCUT2D eigenvalue weighted by molar-refractivity contribution is -0.385. The number of benzene rings is 1. The third-order valence-corrected chi connectivity index (χ3v) is 4.81. The van der Waals surface area contributed by atoms with Gasteiger partial charge in [-0.15, -0.1) is 0 Å². The van der Waals surface area contributed by atoms with Crippen molar-refractivity contribution in [1.29, 1.82) is 0 Å². The Bertz CT molecular complexity index is 618. The lowest BCUT2D eigenvalue weighted by Gasteiger charge is -2.41. The number of carbonyl (C=O) groups is 1. The van der Waals surface area contributed by atoms with Crippen LogP contribution in [0.2, 0.25) is 0 Å². The van der Waals surface area contributed by atoms with Gasteiger partial charge in [0.05, 0.1) is 12.0 Å². The van der Waals surface area contributed by atoms with Crippen molar-refractivity contribution < 1.29 is 14.5 Å². The van der Waals surface area contributed by atoms with Gasteiger partial charge in [0.15, 0.2) is 0 Å². The summed E-state index contributed by atoms with van der Waals surface area (Å²) in [6.45, 7) is 0. The molecule has 0 heterocycles. The van der Waals surface area contributed by atoms with Crippen molar-refractivity contribution in [3.63, 3.8) is 0 Å². The fourth-order valence-electron chi connectivity index (χ4n) is 3.46. The first-order valence-corrected chi connectivity index (χ1v) is 8.12. The number of methoxy groups -OCH3 is 1. The van der Waals surface area contributed by atoms with Gasteiger partial charge in [-0.25, -0.2) is 0 Å². The minimum Gasteiger partial charge on any atom is -0.497 e. The number of carbonyl (C=O) groups excluding carboxylic acids is 1. The van der Waals surface area contributed by atoms with Gasteiger partial charge in [0.1, 0.15) is 11.3 Å². The average molecular weight is 335 g/mol. The van der Waals surface area contributed by atoms with E-state index in [0.717, 1.165) is 25.7 Å². The van der Waals surface area contributed by atoms with Crippen LogP contribution in [-0.2, 0) is 0 Å². The molecule has 1 saturated carbocycles. The number of hydrogen-bond donors (Lipinski definition) is 0. The van der Waals surface area contributed by atoms with Gasteiger partial charge in [0.25, 0.3) is 11.6 Å². The van der Waals surface area contributed by atoms with Gasteiger partial charge in [-0.3, -0.25) is 14.9 Å². The van der Waals surface area contributed by atoms with Crippen LogP contribution in [0.5, 0.6) is 5.75 Å². The number of rotatable bonds is 5. The fraction of sp³-hybridized carbons (Fsp3) is 0.588. The maximum Gasteiger partial charge on any atom is 0.282 e. The summed E-state index contributed by atoms with van der Waals surface area (Å²) in [6, 6.07) is 4.58. The van der Waals surface area contributed by atoms with E-state index in [9.17, 15) is 14.9 Å². The van der Waals surface area contributed by atoms with Crippen LogP contribution in [0, 0.1) is 10.1 Å². The van der Waals surface area contributed by atoms with Crippen LogP contribution < -0.4 is 4.74 Å². The Hall–Kier alpha value is -2.15. The van der Waals surface area contributed by atoms with Crippen molar-refractivity contribution >= 4 is 11.6 Å². The molecule has 1 aliphatic carbocycles. The first-order chi connectivity index (χ1) is 11.4. The Morgan fingerprint density at radius 3 is 2.38 bits per heavy atom. The van der Waals surface area contributed by atoms with E-state index in [-0.39, 0.29) is 29.2 Å². The smallest absolute Gasteiger partial charge is 0.282 e. The van der Waals surface area contributed by atoms with Crippen molar-refractivity contribution in [1.82, 2.24) is 9.80 Å². The molecule has 1 aromatic carbocycles. The molecule has 2 atom stereocenters. The van der Waals surface area contributed by atoms with Crippen LogP contribution >= 0.6 is 0 Å². The fourth-order valence-corrected chi connectivity index (χ4v) is 3.46. The molecule has 1 fully saturated rings. The molecule has 0 N–H and O–H groups in total. The molecule has 0 spiro atoms. The normalized spacial score (nSPS) is 20.7. The molecule has 2 unspecified atom stereocenters. The molecule has 1 aromatic rings. The highest BCUT2D eigenvalue weighted by Gasteiger charge is 2.34. The first kappa shape index (κ1) is 18.2. The summed E-state index contributed by atoms with van der Waals surface area (Å²) in [6.07, 6.45) is 4.13. The minimum atomic E-state index is -0.523. The van der Waals surface area contributed by atoms with Gasteiger partial charge in [-0.1, -0.05) is 12.8 Å². The summed E-state index contributed by atoms with van der Waals surface area (Å²) >= 11 is 0. The monoisotopic (exact) mass is 335 g/mol. The third kappa shape index (κ3) is 3.67. The van der Waals surface area contributed by atoms with Gasteiger partial charge in [-0.05, 0) is 39.1 Å². The van der Waals surface area contributed by atoms with E-state index in [1.54, 1.807) is 11.9 Å². The summed E-state index contributed by atoms with van der Waals surface area (Å²) < 4.78 is 5.12. The van der Waals surface area contributed by atoms with Crippen molar-refractivity contribution in [2.75, 3.05) is 28.3 Å². The van der Waals surface area contributed by atoms with Crippen molar-refractivity contribution in [3.8, 4) is 5.75 Å². The number of nitro groups is 1. The molecule has 0 aliphatic heterocycles. The summed E-state index contributed by atoms with van der Waals surface area (Å²) in [7, 11) is 7.23. The van der Waals surface area contributed by atoms with Crippen LogP contribution in [-0.4, -0.2) is 61.0 Å². The first-order valence-electron chi connectivity index (χ1n) is 8.12. The van der Waals surface area contributed by atoms with Gasteiger partial charge < -0.3 is 14.5 Å². The molecule has 2 rings (SSSR count). The number of nitro benzene ring substituents is 1. The Kier molecular flexibility index (Phi) is 5.77. The van der Waals surface area contributed by atoms with E-state index in [0.29, 0.717) is 5.75 Å². The molecular formula is C17H25N3O4. The second-order valence-electron chi connectivity index (χ2n) is 6.44. The summed E-state index contributed by atoms with van der Waals surface area (Å²) in [4.78, 5) is 27.5. The molecule has 0 aromatic heterocycles. The zero-order valence-electron chi connectivity index (χ0n) is 14.7. The van der Waals surface area contributed by atoms with E-state index in [2.05, 4.69) is 4.90 Å². The molecule has 1 aliphatic rings. The Labute approximate surface area is 142 Å². The number of likely N-dealkylation sites (N-methyl/N-ethyl adjacent to an activating group) is 2. The molecule has 1 amide bonds. The molecule has 7 nitrogen and oxygen atoms in total. The van der Waals surface area contributed by atoms with Crippen LogP contribution in [0.3, 0.4) is 0 Å². The highest BCUT2D eigenvalue weighted by Crippen LogP contribution is 2.29. The molecular weight excluding hydrogens is 310 g/mol. The highest BCUT2D eigenvalue weighted by atomic mass is 16.6. The van der Waals surface area contributed by atoms with Crippen molar-refractivity contribution in [3.05, 3.63) is 33.9 Å². The van der Waals surface area contributed by atoms with Crippen LogP contribution in [0.1, 0.15) is 36.0 Å². The van der Waals surface area contributed by atoms with Crippen molar-refractivity contribution in [2.45, 2.75) is 37.8 Å². The number of hydrogen-bond acceptors (Lipinski definition) is 5. The zero-order valence-corrected chi connectivity index (χ0v) is 14.7. The molecule has 0 radical (unpaired) electrons. The lowest BCUT2D eigenvalue weighted by atomic mass is 9.88. The quantitative estimate of drug-likeness (QED) is 0.610.